The van der Waals surface area contributed by atoms with Crippen LogP contribution >= 0.6 is 0 Å². The van der Waals surface area contributed by atoms with Gasteiger partial charge in [-0.2, -0.15) is 0 Å². The Morgan fingerprint density at radius 2 is 2.20 bits per heavy atom. The smallest absolute Gasteiger partial charge is 0.237 e. The van der Waals surface area contributed by atoms with Crippen molar-refractivity contribution in [3.8, 4) is 0 Å². The van der Waals surface area contributed by atoms with Crippen molar-refractivity contribution >= 4 is 5.91 Å². The molecule has 2 rings (SSSR count). The molecule has 4 nitrogen and oxygen atoms in total. The second-order valence-electron chi connectivity index (χ2n) is 6.41. The van der Waals surface area contributed by atoms with Gasteiger partial charge in [0.25, 0.3) is 0 Å². The van der Waals surface area contributed by atoms with Gasteiger partial charge in [-0.1, -0.05) is 19.8 Å². The Bertz CT molecular complexity index is 289. The van der Waals surface area contributed by atoms with Gasteiger partial charge in [-0.05, 0) is 57.7 Å². The van der Waals surface area contributed by atoms with E-state index in [-0.39, 0.29) is 11.9 Å². The summed E-state index contributed by atoms with van der Waals surface area (Å²) in [4.78, 5) is 14.6. The maximum atomic E-state index is 12.0. The van der Waals surface area contributed by atoms with Crippen LogP contribution in [0.1, 0.15) is 51.9 Å². The SMILES string of the molecule is CCCCCN1CCCC(CNC(=O)C2CCCN2)C1. The molecule has 2 heterocycles. The molecule has 2 aliphatic rings. The predicted molar refractivity (Wildman–Crippen MR) is 82.7 cm³/mol. The number of carbonyl (C=O) groups excluding carboxylic acids is 1. The minimum absolute atomic E-state index is 0.0687. The van der Waals surface area contributed by atoms with Crippen LogP contribution in [-0.2, 0) is 4.79 Å². The highest BCUT2D eigenvalue weighted by Crippen LogP contribution is 2.16. The highest BCUT2D eigenvalue weighted by molar-refractivity contribution is 5.81. The molecule has 0 aromatic heterocycles. The van der Waals surface area contributed by atoms with Crippen molar-refractivity contribution in [3.63, 3.8) is 0 Å². The molecule has 2 aliphatic heterocycles. The van der Waals surface area contributed by atoms with E-state index in [1.165, 1.54) is 51.7 Å². The number of hydrogen-bond acceptors (Lipinski definition) is 3. The average Bonchev–Trinajstić information content (AvgIpc) is 3.00. The van der Waals surface area contributed by atoms with Gasteiger partial charge in [-0.3, -0.25) is 4.79 Å². The van der Waals surface area contributed by atoms with Gasteiger partial charge in [0.05, 0.1) is 6.04 Å². The summed E-state index contributed by atoms with van der Waals surface area (Å²) in [5.74, 6) is 0.862. The Labute approximate surface area is 123 Å². The van der Waals surface area contributed by atoms with E-state index < -0.39 is 0 Å². The van der Waals surface area contributed by atoms with Crippen LogP contribution in [0.2, 0.25) is 0 Å². The van der Waals surface area contributed by atoms with Gasteiger partial charge in [0.15, 0.2) is 0 Å². The van der Waals surface area contributed by atoms with Gasteiger partial charge in [-0.15, -0.1) is 0 Å². The molecular formula is C16H31N3O. The summed E-state index contributed by atoms with van der Waals surface area (Å²) in [6.07, 6.45) is 8.64. The zero-order chi connectivity index (χ0) is 14.2. The van der Waals surface area contributed by atoms with E-state index in [4.69, 9.17) is 0 Å². The van der Waals surface area contributed by atoms with Crippen LogP contribution in [0.25, 0.3) is 0 Å². The van der Waals surface area contributed by atoms with Crippen LogP contribution in [-0.4, -0.2) is 49.6 Å². The third-order valence-corrected chi connectivity index (χ3v) is 4.62. The molecule has 2 unspecified atom stereocenters. The van der Waals surface area contributed by atoms with Crippen LogP contribution in [0.15, 0.2) is 0 Å². The molecule has 0 aliphatic carbocycles. The lowest BCUT2D eigenvalue weighted by Gasteiger charge is -2.33. The first-order chi connectivity index (χ1) is 9.79. The van der Waals surface area contributed by atoms with Gasteiger partial charge >= 0.3 is 0 Å². The first-order valence-corrected chi connectivity index (χ1v) is 8.53. The van der Waals surface area contributed by atoms with E-state index in [2.05, 4.69) is 22.5 Å². The first-order valence-electron chi connectivity index (χ1n) is 8.53. The highest BCUT2D eigenvalue weighted by atomic mass is 16.2. The first kappa shape index (κ1) is 15.8. The van der Waals surface area contributed by atoms with Crippen molar-refractivity contribution in [1.82, 2.24) is 15.5 Å². The molecule has 2 atom stereocenters. The highest BCUT2D eigenvalue weighted by Gasteiger charge is 2.24. The molecular weight excluding hydrogens is 250 g/mol. The molecule has 0 bridgehead atoms. The standard InChI is InChI=1S/C16H31N3O/c1-2-3-4-10-19-11-6-7-14(13-19)12-18-16(20)15-8-5-9-17-15/h14-15,17H,2-13H2,1H3,(H,18,20). The fourth-order valence-electron chi connectivity index (χ4n) is 3.38. The average molecular weight is 281 g/mol. The number of piperidine rings is 1. The Morgan fingerprint density at radius 1 is 1.30 bits per heavy atom. The monoisotopic (exact) mass is 281 g/mol. The van der Waals surface area contributed by atoms with E-state index in [0.717, 1.165) is 25.9 Å². The maximum absolute atomic E-state index is 12.0. The molecule has 1 amide bonds. The number of amides is 1. The van der Waals surface area contributed by atoms with Gasteiger partial charge in [0, 0.05) is 13.1 Å². The van der Waals surface area contributed by atoms with Gasteiger partial charge in [0.2, 0.25) is 5.91 Å². The molecule has 0 aromatic carbocycles. The quantitative estimate of drug-likeness (QED) is 0.699. The number of rotatable bonds is 7. The summed E-state index contributed by atoms with van der Waals surface area (Å²) in [5, 5.41) is 6.42. The van der Waals surface area contributed by atoms with E-state index in [1.54, 1.807) is 0 Å². The van der Waals surface area contributed by atoms with E-state index >= 15 is 0 Å². The summed E-state index contributed by atoms with van der Waals surface area (Å²) >= 11 is 0. The lowest BCUT2D eigenvalue weighted by molar-refractivity contribution is -0.123. The number of nitrogens with one attached hydrogen (secondary N) is 2. The lowest BCUT2D eigenvalue weighted by atomic mass is 9.97. The van der Waals surface area contributed by atoms with Gasteiger partial charge in [-0.25, -0.2) is 0 Å². The topological polar surface area (TPSA) is 44.4 Å². The van der Waals surface area contributed by atoms with Crippen molar-refractivity contribution in [2.45, 2.75) is 57.9 Å². The van der Waals surface area contributed by atoms with Crippen LogP contribution in [0.4, 0.5) is 0 Å². The van der Waals surface area contributed by atoms with E-state index in [9.17, 15) is 4.79 Å². The van der Waals surface area contributed by atoms with Crippen LogP contribution < -0.4 is 10.6 Å². The molecule has 0 spiro atoms. The second kappa shape index (κ2) is 8.63. The molecule has 0 radical (unpaired) electrons. The summed E-state index contributed by atoms with van der Waals surface area (Å²) in [7, 11) is 0. The molecule has 0 aromatic rings. The molecule has 0 saturated carbocycles. The molecule has 116 valence electrons. The third-order valence-electron chi connectivity index (χ3n) is 4.62. The van der Waals surface area contributed by atoms with Gasteiger partial charge in [0.1, 0.15) is 0 Å². The van der Waals surface area contributed by atoms with Crippen LogP contribution in [0.3, 0.4) is 0 Å². The normalized spacial score (nSPS) is 27.6. The minimum atomic E-state index is 0.0687. The molecule has 2 saturated heterocycles. The van der Waals surface area contributed by atoms with Crippen LogP contribution in [0, 0.1) is 5.92 Å². The minimum Gasteiger partial charge on any atom is -0.354 e. The second-order valence-corrected chi connectivity index (χ2v) is 6.41. The number of hydrogen-bond donors (Lipinski definition) is 2. The van der Waals surface area contributed by atoms with E-state index in [0.29, 0.717) is 5.92 Å². The summed E-state index contributed by atoms with van der Waals surface area (Å²) in [5.41, 5.74) is 0. The zero-order valence-electron chi connectivity index (χ0n) is 13.0. The Kier molecular flexibility index (Phi) is 6.80. The number of unbranched alkanes of at least 4 members (excludes halogenated alkanes) is 2. The van der Waals surface area contributed by atoms with Crippen molar-refractivity contribution in [3.05, 3.63) is 0 Å². The predicted octanol–water partition coefficient (Wildman–Crippen LogP) is 1.76. The molecule has 4 heteroatoms. The largest absolute Gasteiger partial charge is 0.354 e. The van der Waals surface area contributed by atoms with Crippen molar-refractivity contribution in [2.24, 2.45) is 5.92 Å². The van der Waals surface area contributed by atoms with Crippen LogP contribution in [0.5, 0.6) is 0 Å². The Hall–Kier alpha value is -0.610. The molecule has 2 fully saturated rings. The van der Waals surface area contributed by atoms with Gasteiger partial charge < -0.3 is 15.5 Å². The third kappa shape index (κ3) is 5.06. The molecule has 20 heavy (non-hydrogen) atoms. The molecule has 2 N–H and O–H groups in total. The fourth-order valence-corrected chi connectivity index (χ4v) is 3.38. The Morgan fingerprint density at radius 3 is 2.95 bits per heavy atom. The van der Waals surface area contributed by atoms with E-state index in [1.807, 2.05) is 0 Å². The number of nitrogens with zero attached hydrogens (tertiary/aromatic N) is 1. The van der Waals surface area contributed by atoms with Crippen molar-refractivity contribution in [2.75, 3.05) is 32.7 Å². The lowest BCUT2D eigenvalue weighted by Crippen LogP contribution is -2.45. The van der Waals surface area contributed by atoms with Crippen molar-refractivity contribution < 1.29 is 4.79 Å². The summed E-state index contributed by atoms with van der Waals surface area (Å²) < 4.78 is 0. The summed E-state index contributed by atoms with van der Waals surface area (Å²) in [6, 6.07) is 0.0687. The Balaban J connectivity index is 1.63. The maximum Gasteiger partial charge on any atom is 0.237 e. The number of likely N-dealkylation sites (tertiary alicyclic amines) is 1. The van der Waals surface area contributed by atoms with Crippen molar-refractivity contribution in [1.29, 1.82) is 0 Å². The summed E-state index contributed by atoms with van der Waals surface area (Å²) in [6.45, 7) is 7.77. The zero-order valence-corrected chi connectivity index (χ0v) is 13.0. The fraction of sp³-hybridized carbons (Fsp3) is 0.938. The number of carbonyl (C=O) groups is 1.